The molecule has 7 aromatic carbocycles. The van der Waals surface area contributed by atoms with Gasteiger partial charge in [-0.2, -0.15) is 0 Å². The first-order valence-corrected chi connectivity index (χ1v) is 15.0. The monoisotopic (exact) mass is 575 g/mol. The maximum atomic E-state index is 6.11. The lowest BCUT2D eigenvalue weighted by molar-refractivity contribution is 0.620. The molecule has 0 saturated heterocycles. The van der Waals surface area contributed by atoms with E-state index < -0.39 is 0 Å². The molecule has 2 heterocycles. The van der Waals surface area contributed by atoms with Gasteiger partial charge in [0.1, 0.15) is 5.52 Å². The van der Waals surface area contributed by atoms with Gasteiger partial charge in [-0.05, 0) is 81.2 Å². The molecule has 4 heteroatoms. The van der Waals surface area contributed by atoms with Gasteiger partial charge in [0.25, 0.3) is 0 Å². The zero-order chi connectivity index (χ0) is 29.7. The molecule has 0 radical (unpaired) electrons. The van der Waals surface area contributed by atoms with Crippen LogP contribution in [0.3, 0.4) is 0 Å². The molecular weight excluding hydrogens is 550 g/mol. The Balaban J connectivity index is 1.23. The Bertz CT molecular complexity index is 2530. The van der Waals surface area contributed by atoms with E-state index in [-0.39, 0.29) is 0 Å². The molecule has 0 N–H and O–H groups in total. The largest absolute Gasteiger partial charge is 0.436 e. The molecule has 9 rings (SSSR count). The first kappa shape index (κ1) is 25.4. The van der Waals surface area contributed by atoms with Crippen molar-refractivity contribution in [3.8, 4) is 45.1 Å². The number of aromatic nitrogens is 3. The van der Waals surface area contributed by atoms with Crippen molar-refractivity contribution in [2.45, 2.75) is 0 Å². The summed E-state index contributed by atoms with van der Waals surface area (Å²) in [5, 5.41) is 4.95. The molecule has 45 heavy (non-hydrogen) atoms. The SMILES string of the molecule is c1cc(-c2nc3ccccc3o2)cc(-c2nc3ccccc3nc2-c2cccc(-c3cc4ccccc4c4ccccc34)c2)c1. The maximum Gasteiger partial charge on any atom is 0.227 e. The second kappa shape index (κ2) is 10.2. The third-order valence-electron chi connectivity index (χ3n) is 8.46. The number of hydrogen-bond acceptors (Lipinski definition) is 4. The van der Waals surface area contributed by atoms with Crippen LogP contribution in [0.1, 0.15) is 0 Å². The lowest BCUT2D eigenvalue weighted by Crippen LogP contribution is -1.96. The molecule has 9 aromatic rings. The summed E-state index contributed by atoms with van der Waals surface area (Å²) in [6, 6.07) is 52.3. The highest BCUT2D eigenvalue weighted by Gasteiger charge is 2.17. The van der Waals surface area contributed by atoms with E-state index in [2.05, 4.69) is 91.0 Å². The topological polar surface area (TPSA) is 51.8 Å². The van der Waals surface area contributed by atoms with E-state index in [1.807, 2.05) is 60.7 Å². The second-order valence-corrected chi connectivity index (χ2v) is 11.2. The Morgan fingerprint density at radius 1 is 0.378 bits per heavy atom. The van der Waals surface area contributed by atoms with Crippen LogP contribution < -0.4 is 0 Å². The summed E-state index contributed by atoms with van der Waals surface area (Å²) >= 11 is 0. The highest BCUT2D eigenvalue weighted by atomic mass is 16.3. The average Bonchev–Trinajstić information content (AvgIpc) is 3.56. The van der Waals surface area contributed by atoms with Crippen molar-refractivity contribution < 1.29 is 4.42 Å². The highest BCUT2D eigenvalue weighted by Crippen LogP contribution is 2.38. The van der Waals surface area contributed by atoms with Crippen molar-refractivity contribution in [3.05, 3.63) is 152 Å². The lowest BCUT2D eigenvalue weighted by atomic mass is 9.92. The Labute approximate surface area is 259 Å². The van der Waals surface area contributed by atoms with E-state index >= 15 is 0 Å². The van der Waals surface area contributed by atoms with Gasteiger partial charge in [-0.25, -0.2) is 15.0 Å². The fourth-order valence-electron chi connectivity index (χ4n) is 6.32. The number of rotatable bonds is 4. The molecule has 0 aliphatic heterocycles. The molecule has 0 spiro atoms. The third kappa shape index (κ3) is 4.35. The Hall–Kier alpha value is -6.13. The van der Waals surface area contributed by atoms with Crippen LogP contribution in [-0.2, 0) is 0 Å². The van der Waals surface area contributed by atoms with E-state index in [1.54, 1.807) is 0 Å². The Kier molecular flexibility index (Phi) is 5.78. The summed E-state index contributed by atoms with van der Waals surface area (Å²) in [4.78, 5) is 15.1. The smallest absolute Gasteiger partial charge is 0.227 e. The van der Waals surface area contributed by atoms with Gasteiger partial charge in [-0.3, -0.25) is 0 Å². The van der Waals surface area contributed by atoms with Crippen LogP contribution in [0.15, 0.2) is 156 Å². The van der Waals surface area contributed by atoms with Gasteiger partial charge in [0.15, 0.2) is 5.58 Å². The molecule has 0 unspecified atom stereocenters. The summed E-state index contributed by atoms with van der Waals surface area (Å²) in [6.45, 7) is 0. The van der Waals surface area contributed by atoms with Gasteiger partial charge in [0.05, 0.1) is 22.4 Å². The van der Waals surface area contributed by atoms with Crippen molar-refractivity contribution in [3.63, 3.8) is 0 Å². The quantitative estimate of drug-likeness (QED) is 0.196. The summed E-state index contributed by atoms with van der Waals surface area (Å²) < 4.78 is 6.11. The van der Waals surface area contributed by atoms with Crippen LogP contribution in [0.5, 0.6) is 0 Å². The first-order chi connectivity index (χ1) is 22.3. The van der Waals surface area contributed by atoms with Gasteiger partial charge in [0.2, 0.25) is 5.89 Å². The molecule has 0 bridgehead atoms. The average molecular weight is 576 g/mol. The lowest BCUT2D eigenvalue weighted by Gasteiger charge is -2.14. The van der Waals surface area contributed by atoms with E-state index in [4.69, 9.17) is 19.4 Å². The van der Waals surface area contributed by atoms with Crippen LogP contribution in [-0.4, -0.2) is 15.0 Å². The summed E-state index contributed by atoms with van der Waals surface area (Å²) in [5.74, 6) is 0.582. The number of benzene rings is 7. The van der Waals surface area contributed by atoms with Crippen LogP contribution in [0, 0.1) is 0 Å². The minimum Gasteiger partial charge on any atom is -0.436 e. The molecule has 0 saturated carbocycles. The third-order valence-corrected chi connectivity index (χ3v) is 8.46. The summed E-state index contributed by atoms with van der Waals surface area (Å²) in [6.07, 6.45) is 0. The molecule has 210 valence electrons. The fourth-order valence-corrected chi connectivity index (χ4v) is 6.32. The Morgan fingerprint density at radius 3 is 1.67 bits per heavy atom. The van der Waals surface area contributed by atoms with Crippen LogP contribution in [0.25, 0.3) is 88.8 Å². The van der Waals surface area contributed by atoms with Crippen LogP contribution in [0.2, 0.25) is 0 Å². The minimum absolute atomic E-state index is 0.582. The first-order valence-electron chi connectivity index (χ1n) is 15.0. The van der Waals surface area contributed by atoms with E-state index in [0.29, 0.717) is 5.89 Å². The number of fused-ring (bicyclic) bond motifs is 5. The van der Waals surface area contributed by atoms with Gasteiger partial charge >= 0.3 is 0 Å². The van der Waals surface area contributed by atoms with Crippen molar-refractivity contribution in [2.24, 2.45) is 0 Å². The molecule has 0 aliphatic carbocycles. The normalized spacial score (nSPS) is 11.6. The minimum atomic E-state index is 0.582. The van der Waals surface area contributed by atoms with E-state index in [9.17, 15) is 0 Å². The fraction of sp³-hybridized carbons (Fsp3) is 0. The maximum absolute atomic E-state index is 6.11. The highest BCUT2D eigenvalue weighted by molar-refractivity contribution is 6.13. The van der Waals surface area contributed by atoms with Crippen molar-refractivity contribution in [2.75, 3.05) is 0 Å². The second-order valence-electron chi connectivity index (χ2n) is 11.2. The molecule has 4 nitrogen and oxygen atoms in total. The van der Waals surface area contributed by atoms with E-state index in [1.165, 1.54) is 27.1 Å². The summed E-state index contributed by atoms with van der Waals surface area (Å²) in [5.41, 5.74) is 10.1. The van der Waals surface area contributed by atoms with Gasteiger partial charge in [-0.15, -0.1) is 0 Å². The standard InChI is InChI=1S/C41H25N3O/c1-2-16-31-27(11-1)25-34(33-18-4-3-17-32(31)33)26-12-9-13-28(23-26)39-40(43-36-20-6-5-19-35(36)42-39)29-14-10-15-30(24-29)41-44-37-21-7-8-22-38(37)45-41/h1-25H. The molecule has 0 atom stereocenters. The van der Waals surface area contributed by atoms with Crippen molar-refractivity contribution >= 4 is 43.7 Å². The molecule has 2 aromatic heterocycles. The van der Waals surface area contributed by atoms with Gasteiger partial charge in [0, 0.05) is 16.7 Å². The summed E-state index contributed by atoms with van der Waals surface area (Å²) in [7, 11) is 0. The predicted molar refractivity (Wildman–Crippen MR) is 184 cm³/mol. The zero-order valence-corrected chi connectivity index (χ0v) is 24.2. The van der Waals surface area contributed by atoms with Crippen molar-refractivity contribution in [1.29, 1.82) is 0 Å². The number of para-hydroxylation sites is 4. The van der Waals surface area contributed by atoms with Gasteiger partial charge < -0.3 is 4.42 Å². The Morgan fingerprint density at radius 2 is 0.933 bits per heavy atom. The molecule has 0 amide bonds. The van der Waals surface area contributed by atoms with Gasteiger partial charge in [-0.1, -0.05) is 103 Å². The van der Waals surface area contributed by atoms with Crippen LogP contribution in [0.4, 0.5) is 0 Å². The molecular formula is C41H25N3O. The predicted octanol–water partition coefficient (Wildman–Crippen LogP) is 10.7. The molecule has 0 fully saturated rings. The van der Waals surface area contributed by atoms with Crippen LogP contribution >= 0.6 is 0 Å². The van der Waals surface area contributed by atoms with E-state index in [0.717, 1.165) is 55.8 Å². The number of hydrogen-bond donors (Lipinski definition) is 0. The zero-order valence-electron chi connectivity index (χ0n) is 24.2. The molecule has 0 aliphatic rings. The number of nitrogens with zero attached hydrogens (tertiary/aromatic N) is 3. The number of oxazole rings is 1. The van der Waals surface area contributed by atoms with Crippen molar-refractivity contribution in [1.82, 2.24) is 15.0 Å².